The van der Waals surface area contributed by atoms with Gasteiger partial charge >= 0.3 is 0 Å². The van der Waals surface area contributed by atoms with Gasteiger partial charge in [0.25, 0.3) is 11.1 Å². The van der Waals surface area contributed by atoms with Gasteiger partial charge in [0, 0.05) is 13.0 Å². The molecule has 1 amide bonds. The third-order valence-electron chi connectivity index (χ3n) is 2.82. The average Bonchev–Trinajstić information content (AvgIpc) is 2.78. The van der Waals surface area contributed by atoms with E-state index in [1.54, 1.807) is 0 Å². The van der Waals surface area contributed by atoms with Crippen molar-refractivity contribution in [3.8, 4) is 0 Å². The lowest BCUT2D eigenvalue weighted by atomic mass is 10.2. The largest absolute Gasteiger partial charge is 0.410 e. The first-order chi connectivity index (χ1) is 8.99. The summed E-state index contributed by atoms with van der Waals surface area (Å²) >= 11 is 1.29. The molecule has 0 bridgehead atoms. The molecule has 7 heteroatoms. The minimum Gasteiger partial charge on any atom is -0.410 e. The lowest BCUT2D eigenvalue weighted by Crippen LogP contribution is -3.06. The minimum absolute atomic E-state index is 0.0162. The molecule has 0 saturated carbocycles. The summed E-state index contributed by atoms with van der Waals surface area (Å²) in [5, 5.41) is 11.1. The highest BCUT2D eigenvalue weighted by Gasteiger charge is 2.24. The second kappa shape index (κ2) is 7.49. The summed E-state index contributed by atoms with van der Waals surface area (Å²) in [6.07, 6.45) is 0.931. The topological polar surface area (TPSA) is 72.5 Å². The van der Waals surface area contributed by atoms with E-state index in [2.05, 4.69) is 36.5 Å². The molecule has 2 atom stereocenters. The van der Waals surface area contributed by atoms with Gasteiger partial charge in [0.1, 0.15) is 0 Å². The number of rotatable bonds is 7. The Morgan fingerprint density at radius 2 is 2.11 bits per heavy atom. The van der Waals surface area contributed by atoms with Crippen LogP contribution in [0.4, 0.5) is 0 Å². The van der Waals surface area contributed by atoms with Crippen LogP contribution in [0.3, 0.4) is 0 Å². The predicted molar refractivity (Wildman–Crippen MR) is 74.1 cm³/mol. The van der Waals surface area contributed by atoms with Crippen molar-refractivity contribution < 1.29 is 14.1 Å². The van der Waals surface area contributed by atoms with E-state index in [0.29, 0.717) is 17.7 Å². The van der Waals surface area contributed by atoms with Gasteiger partial charge in [-0.05, 0) is 13.8 Å². The molecule has 0 unspecified atom stereocenters. The Labute approximate surface area is 118 Å². The van der Waals surface area contributed by atoms with E-state index in [9.17, 15) is 4.79 Å². The van der Waals surface area contributed by atoms with Crippen molar-refractivity contribution in [1.82, 2.24) is 15.5 Å². The number of carbonyl (C=O) groups excluding carboxylic acids is 1. The van der Waals surface area contributed by atoms with Gasteiger partial charge in [-0.25, -0.2) is 0 Å². The maximum absolute atomic E-state index is 11.6. The highest BCUT2D eigenvalue weighted by atomic mass is 32.2. The molecular weight excluding hydrogens is 264 g/mol. The summed E-state index contributed by atoms with van der Waals surface area (Å²) in [5.74, 6) is 0.616. The predicted octanol–water partition coefficient (Wildman–Crippen LogP) is 0.282. The number of hydrogen-bond acceptors (Lipinski definition) is 5. The molecule has 0 aromatic carbocycles. The first-order valence-electron chi connectivity index (χ1n) is 6.57. The fraction of sp³-hybridized carbons (Fsp3) is 0.750. The molecule has 1 aromatic rings. The van der Waals surface area contributed by atoms with Gasteiger partial charge in [0.2, 0.25) is 5.91 Å². The van der Waals surface area contributed by atoms with Gasteiger partial charge in [0.05, 0.1) is 19.3 Å². The summed E-state index contributed by atoms with van der Waals surface area (Å²) in [7, 11) is 4.12. The van der Waals surface area contributed by atoms with Gasteiger partial charge in [-0.15, -0.1) is 10.2 Å². The number of hydrogen-bond donors (Lipinski definition) is 2. The summed E-state index contributed by atoms with van der Waals surface area (Å²) in [5.41, 5.74) is 0. The molecule has 0 aliphatic heterocycles. The lowest BCUT2D eigenvalue weighted by molar-refractivity contribution is -0.894. The third kappa shape index (κ3) is 4.50. The molecule has 1 aromatic heterocycles. The maximum Gasteiger partial charge on any atom is 0.277 e. The maximum atomic E-state index is 11.6. The monoisotopic (exact) mass is 287 g/mol. The molecular formula is C12H23N4O2S+. The molecule has 0 radical (unpaired) electrons. The molecule has 108 valence electrons. The van der Waals surface area contributed by atoms with Crippen molar-refractivity contribution in [3.05, 3.63) is 5.89 Å². The van der Waals surface area contributed by atoms with Crippen molar-refractivity contribution in [2.24, 2.45) is 0 Å². The van der Waals surface area contributed by atoms with Crippen molar-refractivity contribution in [1.29, 1.82) is 0 Å². The van der Waals surface area contributed by atoms with Crippen LogP contribution >= 0.6 is 11.8 Å². The first kappa shape index (κ1) is 16.0. The molecule has 0 spiro atoms. The number of thioether (sulfide) groups is 1. The van der Waals surface area contributed by atoms with Crippen LogP contribution in [0.1, 0.15) is 39.1 Å². The standard InChI is InChI=1S/C12H22N4O2S/c1-6-9(16(4)5)11-14-15-12(18-11)19-8(3)10(17)13-7-2/h8-9H,6-7H2,1-5H3,(H,13,17)/p+1/t8-,9+/m1/s1. The highest BCUT2D eigenvalue weighted by molar-refractivity contribution is 8.00. The number of amides is 1. The van der Waals surface area contributed by atoms with Gasteiger partial charge in [-0.1, -0.05) is 18.7 Å². The summed E-state index contributed by atoms with van der Waals surface area (Å²) in [6.45, 7) is 6.44. The van der Waals surface area contributed by atoms with E-state index in [4.69, 9.17) is 4.42 Å². The highest BCUT2D eigenvalue weighted by Crippen LogP contribution is 2.23. The Bertz CT molecular complexity index is 408. The van der Waals surface area contributed by atoms with Gasteiger partial charge in [0.15, 0.2) is 6.04 Å². The van der Waals surface area contributed by atoms with Crippen LogP contribution in [0.2, 0.25) is 0 Å². The zero-order valence-electron chi connectivity index (χ0n) is 12.2. The van der Waals surface area contributed by atoms with Crippen LogP contribution in [0, 0.1) is 0 Å². The van der Waals surface area contributed by atoms with Crippen LogP contribution in [0.15, 0.2) is 9.64 Å². The number of carbonyl (C=O) groups is 1. The fourth-order valence-corrected chi connectivity index (χ4v) is 2.48. The van der Waals surface area contributed by atoms with Crippen LogP contribution in [0.5, 0.6) is 0 Å². The number of quaternary nitrogens is 1. The quantitative estimate of drug-likeness (QED) is 0.705. The molecule has 1 heterocycles. The van der Waals surface area contributed by atoms with Crippen molar-refractivity contribution in [2.75, 3.05) is 20.6 Å². The zero-order valence-corrected chi connectivity index (χ0v) is 13.0. The molecule has 1 rings (SSSR count). The van der Waals surface area contributed by atoms with Gasteiger partial charge < -0.3 is 14.6 Å². The summed E-state index contributed by atoms with van der Waals surface area (Å²) in [4.78, 5) is 12.9. The minimum atomic E-state index is -0.236. The van der Waals surface area contributed by atoms with E-state index in [-0.39, 0.29) is 17.2 Å². The number of nitrogens with zero attached hydrogens (tertiary/aromatic N) is 2. The Balaban J connectivity index is 2.67. The fourth-order valence-electron chi connectivity index (χ4n) is 1.76. The third-order valence-corrected chi connectivity index (χ3v) is 3.76. The molecule has 0 saturated heterocycles. The van der Waals surface area contributed by atoms with Crippen LogP contribution in [-0.2, 0) is 4.79 Å². The Hall–Kier alpha value is -1.08. The van der Waals surface area contributed by atoms with E-state index in [0.717, 1.165) is 6.42 Å². The Morgan fingerprint density at radius 3 is 2.63 bits per heavy atom. The summed E-state index contributed by atoms with van der Waals surface area (Å²) in [6, 6.07) is 0.196. The van der Waals surface area contributed by atoms with Gasteiger partial charge in [-0.3, -0.25) is 4.79 Å². The van der Waals surface area contributed by atoms with Gasteiger partial charge in [-0.2, -0.15) is 0 Å². The molecule has 6 nitrogen and oxygen atoms in total. The van der Waals surface area contributed by atoms with Crippen LogP contribution in [-0.4, -0.2) is 42.0 Å². The SMILES string of the molecule is CCNC(=O)[C@@H](C)Sc1nnc([C@H](CC)[NH+](C)C)o1. The average molecular weight is 287 g/mol. The Morgan fingerprint density at radius 1 is 1.42 bits per heavy atom. The second-order valence-electron chi connectivity index (χ2n) is 4.60. The van der Waals surface area contributed by atoms with Crippen molar-refractivity contribution in [3.63, 3.8) is 0 Å². The number of nitrogens with one attached hydrogen (secondary N) is 2. The summed E-state index contributed by atoms with van der Waals surface area (Å²) < 4.78 is 5.64. The number of aromatic nitrogens is 2. The normalized spacial score (nSPS) is 14.4. The lowest BCUT2D eigenvalue weighted by Gasteiger charge is -2.15. The zero-order chi connectivity index (χ0) is 14.4. The van der Waals surface area contributed by atoms with E-state index in [1.807, 2.05) is 13.8 Å². The molecule has 0 fully saturated rings. The second-order valence-corrected chi connectivity index (χ2v) is 5.89. The molecule has 2 N–H and O–H groups in total. The van der Waals surface area contributed by atoms with E-state index < -0.39 is 0 Å². The van der Waals surface area contributed by atoms with Crippen LogP contribution in [0.25, 0.3) is 0 Å². The molecule has 0 aliphatic carbocycles. The van der Waals surface area contributed by atoms with E-state index >= 15 is 0 Å². The molecule has 19 heavy (non-hydrogen) atoms. The van der Waals surface area contributed by atoms with E-state index in [1.165, 1.54) is 16.7 Å². The Kier molecular flexibility index (Phi) is 6.30. The van der Waals surface area contributed by atoms with Crippen molar-refractivity contribution in [2.45, 2.75) is 43.7 Å². The smallest absolute Gasteiger partial charge is 0.277 e. The molecule has 0 aliphatic rings. The van der Waals surface area contributed by atoms with Crippen molar-refractivity contribution >= 4 is 17.7 Å². The first-order valence-corrected chi connectivity index (χ1v) is 7.45. The van der Waals surface area contributed by atoms with Crippen LogP contribution < -0.4 is 10.2 Å².